The Morgan fingerprint density at radius 3 is 2.81 bits per heavy atom. The van der Waals surface area contributed by atoms with Crippen LogP contribution in [0.5, 0.6) is 0 Å². The fourth-order valence-electron chi connectivity index (χ4n) is 5.34. The number of nitrogens with one attached hydrogen (secondary N) is 1. The van der Waals surface area contributed by atoms with Gasteiger partial charge in [0, 0.05) is 11.8 Å². The molecule has 0 bridgehead atoms. The van der Waals surface area contributed by atoms with Crippen molar-refractivity contribution < 1.29 is 9.90 Å². The molecule has 2 N–H and O–H groups in total. The summed E-state index contributed by atoms with van der Waals surface area (Å²) in [6, 6.07) is 10.0. The molecule has 1 aliphatic rings. The molecule has 1 heterocycles. The topological polar surface area (TPSA) is 62.2 Å². The second-order valence-corrected chi connectivity index (χ2v) is 9.26. The van der Waals surface area contributed by atoms with Gasteiger partial charge in [-0.05, 0) is 98.6 Å². The molecule has 0 unspecified atom stereocenters. The first-order chi connectivity index (χ1) is 14.9. The van der Waals surface area contributed by atoms with Crippen molar-refractivity contribution in [2.75, 3.05) is 5.32 Å². The zero-order chi connectivity index (χ0) is 22.4. The van der Waals surface area contributed by atoms with E-state index in [1.807, 2.05) is 25.1 Å². The van der Waals surface area contributed by atoms with Crippen molar-refractivity contribution in [1.82, 2.24) is 4.98 Å². The van der Waals surface area contributed by atoms with Gasteiger partial charge in [0.2, 0.25) is 0 Å². The fraction of sp³-hybridized carbons (Fsp3) is 0.556. The van der Waals surface area contributed by atoms with Gasteiger partial charge in [0.05, 0.1) is 17.5 Å². The third kappa shape index (κ3) is 5.17. The van der Waals surface area contributed by atoms with Gasteiger partial charge in [-0.1, -0.05) is 33.3 Å². The van der Waals surface area contributed by atoms with Crippen LogP contribution in [0, 0.1) is 12.8 Å². The van der Waals surface area contributed by atoms with Crippen LogP contribution in [-0.2, 0) is 11.8 Å². The molecule has 0 radical (unpaired) electrons. The molecule has 1 aliphatic carbocycles. The Morgan fingerprint density at radius 1 is 1.29 bits per heavy atom. The SMILES string of the molecule is CCC[C@]1(CC[C@@H](O)CC)c2ccc(C(=O)Nc3cccnc3C)cc2CCC[C@H]1C. The van der Waals surface area contributed by atoms with E-state index in [1.165, 1.54) is 17.5 Å². The van der Waals surface area contributed by atoms with Gasteiger partial charge >= 0.3 is 0 Å². The number of anilines is 1. The Morgan fingerprint density at radius 2 is 2.10 bits per heavy atom. The van der Waals surface area contributed by atoms with E-state index in [4.69, 9.17) is 0 Å². The number of pyridine rings is 1. The standard InChI is InChI=1S/C27H38N2O2/c1-5-15-27(16-14-23(30)6-2)19(3)9-7-10-21-18-22(12-13-24(21)27)26(31)29-25-11-8-17-28-20(25)4/h8,11-13,17-19,23,30H,5-7,9-10,14-16H2,1-4H3,(H,29,31)/t19-,23+,27-/m1/s1. The molecule has 3 atom stereocenters. The van der Waals surface area contributed by atoms with Gasteiger partial charge in [-0.2, -0.15) is 0 Å². The van der Waals surface area contributed by atoms with Crippen molar-refractivity contribution in [2.24, 2.45) is 5.92 Å². The van der Waals surface area contributed by atoms with Crippen molar-refractivity contribution in [2.45, 2.75) is 90.6 Å². The number of amides is 1. The van der Waals surface area contributed by atoms with Crippen LogP contribution >= 0.6 is 0 Å². The van der Waals surface area contributed by atoms with E-state index in [0.717, 1.165) is 56.3 Å². The monoisotopic (exact) mass is 422 g/mol. The average molecular weight is 423 g/mol. The number of aryl methyl sites for hydroxylation is 2. The first-order valence-electron chi connectivity index (χ1n) is 12.0. The zero-order valence-electron chi connectivity index (χ0n) is 19.6. The van der Waals surface area contributed by atoms with Crippen LogP contribution < -0.4 is 5.32 Å². The molecule has 31 heavy (non-hydrogen) atoms. The summed E-state index contributed by atoms with van der Waals surface area (Å²) in [5, 5.41) is 13.3. The Hall–Kier alpha value is -2.20. The van der Waals surface area contributed by atoms with E-state index in [0.29, 0.717) is 11.5 Å². The molecule has 0 saturated carbocycles. The van der Waals surface area contributed by atoms with E-state index < -0.39 is 0 Å². The molecule has 2 aromatic rings. The number of nitrogens with zero attached hydrogens (tertiary/aromatic N) is 1. The predicted octanol–water partition coefficient (Wildman–Crippen LogP) is 6.20. The summed E-state index contributed by atoms with van der Waals surface area (Å²) in [5.41, 5.74) is 5.05. The quantitative estimate of drug-likeness (QED) is 0.498. The van der Waals surface area contributed by atoms with Gasteiger partial charge in [0.1, 0.15) is 0 Å². The minimum atomic E-state index is -0.236. The van der Waals surface area contributed by atoms with E-state index >= 15 is 0 Å². The maximum Gasteiger partial charge on any atom is 0.255 e. The van der Waals surface area contributed by atoms with E-state index in [1.54, 1.807) is 6.20 Å². The lowest BCUT2D eigenvalue weighted by atomic mass is 9.64. The van der Waals surface area contributed by atoms with Crippen molar-refractivity contribution >= 4 is 11.6 Å². The number of benzene rings is 1. The summed E-state index contributed by atoms with van der Waals surface area (Å²) < 4.78 is 0. The third-order valence-electron chi connectivity index (χ3n) is 7.28. The number of carbonyl (C=O) groups is 1. The average Bonchev–Trinajstić information content (AvgIpc) is 2.90. The van der Waals surface area contributed by atoms with Crippen molar-refractivity contribution in [3.8, 4) is 0 Å². The lowest BCUT2D eigenvalue weighted by molar-refractivity contribution is 0.102. The Balaban J connectivity index is 1.94. The van der Waals surface area contributed by atoms with Crippen molar-refractivity contribution in [3.05, 3.63) is 58.9 Å². The van der Waals surface area contributed by atoms with Gasteiger partial charge in [-0.15, -0.1) is 0 Å². The summed E-state index contributed by atoms with van der Waals surface area (Å²) in [6.45, 7) is 8.59. The Labute approximate surface area is 187 Å². The highest BCUT2D eigenvalue weighted by Crippen LogP contribution is 2.47. The lowest BCUT2D eigenvalue weighted by Gasteiger charge is -2.41. The van der Waals surface area contributed by atoms with Crippen molar-refractivity contribution in [1.29, 1.82) is 0 Å². The normalized spacial score (nSPS) is 21.8. The summed E-state index contributed by atoms with van der Waals surface area (Å²) in [4.78, 5) is 17.2. The number of hydrogen-bond acceptors (Lipinski definition) is 3. The number of hydrogen-bond donors (Lipinski definition) is 2. The molecule has 1 amide bonds. The van der Waals surface area contributed by atoms with Crippen LogP contribution in [0.4, 0.5) is 5.69 Å². The third-order valence-corrected chi connectivity index (χ3v) is 7.28. The highest BCUT2D eigenvalue weighted by molar-refractivity contribution is 6.04. The molecule has 0 fully saturated rings. The molecular weight excluding hydrogens is 384 g/mol. The Bertz CT molecular complexity index is 895. The molecule has 0 saturated heterocycles. The smallest absolute Gasteiger partial charge is 0.255 e. The molecule has 1 aromatic carbocycles. The van der Waals surface area contributed by atoms with Gasteiger partial charge in [0.25, 0.3) is 5.91 Å². The molecule has 168 valence electrons. The Kier molecular flexibility index (Phi) is 7.88. The van der Waals surface area contributed by atoms with E-state index in [2.05, 4.69) is 43.2 Å². The molecule has 4 heteroatoms. The number of fused-ring (bicyclic) bond motifs is 1. The molecular formula is C27H38N2O2. The van der Waals surface area contributed by atoms with Gasteiger partial charge in [-0.3, -0.25) is 9.78 Å². The fourth-order valence-corrected chi connectivity index (χ4v) is 5.34. The molecule has 0 spiro atoms. The van der Waals surface area contributed by atoms with Gasteiger partial charge in [0.15, 0.2) is 0 Å². The number of rotatable bonds is 8. The second-order valence-electron chi connectivity index (χ2n) is 9.26. The number of aromatic nitrogens is 1. The number of aliphatic hydroxyl groups excluding tert-OH is 1. The van der Waals surface area contributed by atoms with Crippen LogP contribution in [-0.4, -0.2) is 22.1 Å². The van der Waals surface area contributed by atoms with Crippen LogP contribution in [0.1, 0.15) is 92.9 Å². The van der Waals surface area contributed by atoms with E-state index in [-0.39, 0.29) is 17.4 Å². The first-order valence-corrected chi connectivity index (χ1v) is 12.0. The number of carbonyl (C=O) groups excluding carboxylic acids is 1. The molecule has 1 aromatic heterocycles. The molecule has 4 nitrogen and oxygen atoms in total. The molecule has 3 rings (SSSR count). The summed E-state index contributed by atoms with van der Waals surface area (Å²) >= 11 is 0. The van der Waals surface area contributed by atoms with Gasteiger partial charge < -0.3 is 10.4 Å². The minimum Gasteiger partial charge on any atom is -0.393 e. The van der Waals surface area contributed by atoms with Crippen LogP contribution in [0.3, 0.4) is 0 Å². The zero-order valence-corrected chi connectivity index (χ0v) is 19.6. The van der Waals surface area contributed by atoms with E-state index in [9.17, 15) is 9.90 Å². The van der Waals surface area contributed by atoms with Gasteiger partial charge in [-0.25, -0.2) is 0 Å². The van der Waals surface area contributed by atoms with Crippen LogP contribution in [0.15, 0.2) is 36.5 Å². The number of aliphatic hydroxyl groups is 1. The summed E-state index contributed by atoms with van der Waals surface area (Å²) in [6.07, 6.45) is 9.72. The minimum absolute atomic E-state index is 0.0751. The largest absolute Gasteiger partial charge is 0.393 e. The highest BCUT2D eigenvalue weighted by Gasteiger charge is 2.40. The summed E-state index contributed by atoms with van der Waals surface area (Å²) in [5.74, 6) is 0.481. The summed E-state index contributed by atoms with van der Waals surface area (Å²) in [7, 11) is 0. The highest BCUT2D eigenvalue weighted by atomic mass is 16.3. The lowest BCUT2D eigenvalue weighted by Crippen LogP contribution is -2.35. The van der Waals surface area contributed by atoms with Crippen molar-refractivity contribution in [3.63, 3.8) is 0 Å². The predicted molar refractivity (Wildman–Crippen MR) is 128 cm³/mol. The first kappa shape index (κ1) is 23.5. The van der Waals surface area contributed by atoms with Crippen LogP contribution in [0.2, 0.25) is 0 Å². The maximum atomic E-state index is 13.0. The maximum absolute atomic E-state index is 13.0. The molecule has 0 aliphatic heterocycles. The second kappa shape index (κ2) is 10.4. The van der Waals surface area contributed by atoms with Crippen LogP contribution in [0.25, 0.3) is 0 Å².